The third kappa shape index (κ3) is 2.78. The van der Waals surface area contributed by atoms with Crippen molar-refractivity contribution in [1.29, 1.82) is 0 Å². The standard InChI is InChI=1S/C13H7ClF7NO/c14-1-3(23)2-22-13-9(18)5-4(8(17)12(13)21)6(15)10(19)11(20)7(5)16/h3,22-23H,1-2H2. The SMILES string of the molecule is OC(CCl)CNc1c(F)c(F)c2c(F)c(F)c(F)c(F)c2c1F. The Hall–Kier alpha value is -1.74. The lowest BCUT2D eigenvalue weighted by atomic mass is 10.1. The molecule has 0 heterocycles. The zero-order valence-corrected chi connectivity index (χ0v) is 11.7. The van der Waals surface area contributed by atoms with Crippen LogP contribution in [-0.2, 0) is 0 Å². The van der Waals surface area contributed by atoms with E-state index in [1.807, 2.05) is 5.32 Å². The normalized spacial score (nSPS) is 12.7. The van der Waals surface area contributed by atoms with Gasteiger partial charge in [0.15, 0.2) is 40.7 Å². The van der Waals surface area contributed by atoms with E-state index < -0.39 is 69.8 Å². The number of aliphatic hydroxyl groups excluding tert-OH is 1. The zero-order valence-electron chi connectivity index (χ0n) is 11.0. The van der Waals surface area contributed by atoms with Crippen LogP contribution in [0.4, 0.5) is 36.4 Å². The molecule has 0 aliphatic rings. The summed E-state index contributed by atoms with van der Waals surface area (Å²) in [6.07, 6.45) is -1.29. The smallest absolute Gasteiger partial charge is 0.198 e. The summed E-state index contributed by atoms with van der Waals surface area (Å²) in [5.74, 6) is -15.6. The van der Waals surface area contributed by atoms with Crippen LogP contribution in [-0.4, -0.2) is 23.6 Å². The fraction of sp³-hybridized carbons (Fsp3) is 0.231. The largest absolute Gasteiger partial charge is 0.390 e. The molecule has 0 radical (unpaired) electrons. The Morgan fingerprint density at radius 1 is 0.739 bits per heavy atom. The molecular weight excluding hydrogens is 355 g/mol. The van der Waals surface area contributed by atoms with E-state index in [4.69, 9.17) is 11.6 Å². The van der Waals surface area contributed by atoms with Gasteiger partial charge in [-0.2, -0.15) is 0 Å². The molecule has 10 heteroatoms. The maximum Gasteiger partial charge on any atom is 0.198 e. The average molecular weight is 362 g/mol. The molecule has 2 aromatic carbocycles. The average Bonchev–Trinajstić information content (AvgIpc) is 2.53. The number of anilines is 1. The number of alkyl halides is 1. The molecule has 0 aromatic heterocycles. The molecule has 2 nitrogen and oxygen atoms in total. The maximum atomic E-state index is 14.1. The van der Waals surface area contributed by atoms with Crippen LogP contribution >= 0.6 is 11.6 Å². The first-order valence-electron chi connectivity index (χ1n) is 6.02. The number of fused-ring (bicyclic) bond motifs is 1. The number of hydrogen-bond acceptors (Lipinski definition) is 2. The molecular formula is C13H7ClF7NO. The van der Waals surface area contributed by atoms with E-state index in [1.54, 1.807) is 0 Å². The van der Waals surface area contributed by atoms with Gasteiger partial charge < -0.3 is 10.4 Å². The highest BCUT2D eigenvalue weighted by Gasteiger charge is 2.30. The van der Waals surface area contributed by atoms with Gasteiger partial charge in [-0.3, -0.25) is 0 Å². The van der Waals surface area contributed by atoms with E-state index in [2.05, 4.69) is 0 Å². The summed E-state index contributed by atoms with van der Waals surface area (Å²) < 4.78 is 95.2. The predicted molar refractivity (Wildman–Crippen MR) is 68.9 cm³/mol. The number of nitrogens with one attached hydrogen (secondary N) is 1. The highest BCUT2D eigenvalue weighted by Crippen LogP contribution is 2.36. The molecule has 2 aromatic rings. The van der Waals surface area contributed by atoms with Crippen molar-refractivity contribution in [2.45, 2.75) is 6.10 Å². The molecule has 2 rings (SSSR count). The Bertz CT molecular complexity index is 783. The first-order valence-corrected chi connectivity index (χ1v) is 6.55. The molecule has 0 bridgehead atoms. The molecule has 0 aliphatic carbocycles. The number of hydrogen-bond donors (Lipinski definition) is 2. The summed E-state index contributed by atoms with van der Waals surface area (Å²) in [4.78, 5) is 0. The van der Waals surface area contributed by atoms with Gasteiger partial charge in [0.1, 0.15) is 5.69 Å². The molecule has 126 valence electrons. The molecule has 0 amide bonds. The van der Waals surface area contributed by atoms with E-state index in [9.17, 15) is 35.8 Å². The molecule has 0 aliphatic heterocycles. The lowest BCUT2D eigenvalue weighted by molar-refractivity contribution is 0.211. The van der Waals surface area contributed by atoms with Gasteiger partial charge in [-0.25, -0.2) is 30.7 Å². The minimum Gasteiger partial charge on any atom is -0.390 e. The Morgan fingerprint density at radius 3 is 1.65 bits per heavy atom. The second kappa shape index (κ2) is 6.40. The van der Waals surface area contributed by atoms with E-state index in [1.165, 1.54) is 0 Å². The van der Waals surface area contributed by atoms with Gasteiger partial charge in [-0.1, -0.05) is 0 Å². The number of benzene rings is 2. The van der Waals surface area contributed by atoms with Crippen LogP contribution in [0.5, 0.6) is 0 Å². The van der Waals surface area contributed by atoms with Crippen molar-refractivity contribution >= 4 is 28.1 Å². The van der Waals surface area contributed by atoms with Crippen LogP contribution < -0.4 is 5.32 Å². The minimum absolute atomic E-state index is 0.338. The molecule has 0 saturated carbocycles. The zero-order chi connectivity index (χ0) is 17.5. The highest BCUT2D eigenvalue weighted by molar-refractivity contribution is 6.18. The van der Waals surface area contributed by atoms with Crippen molar-refractivity contribution in [3.05, 3.63) is 40.7 Å². The topological polar surface area (TPSA) is 32.3 Å². The summed E-state index contributed by atoms with van der Waals surface area (Å²) in [5.41, 5.74) is -1.27. The second-order valence-electron chi connectivity index (χ2n) is 4.51. The van der Waals surface area contributed by atoms with Crippen LogP contribution in [0, 0.1) is 40.7 Å². The third-order valence-corrected chi connectivity index (χ3v) is 3.39. The summed E-state index contributed by atoms with van der Waals surface area (Å²) in [7, 11) is 0. The first-order chi connectivity index (χ1) is 10.7. The fourth-order valence-corrected chi connectivity index (χ4v) is 2.02. The summed E-state index contributed by atoms with van der Waals surface area (Å²) >= 11 is 5.26. The van der Waals surface area contributed by atoms with Crippen LogP contribution in [0.15, 0.2) is 0 Å². The summed E-state index contributed by atoms with van der Waals surface area (Å²) in [6.45, 7) is -0.559. The Kier molecular flexibility index (Phi) is 4.90. The Labute approximate surface area is 129 Å². The fourth-order valence-electron chi connectivity index (χ4n) is 1.91. The van der Waals surface area contributed by atoms with Gasteiger partial charge in [0.25, 0.3) is 0 Å². The number of halogens is 8. The van der Waals surface area contributed by atoms with E-state index in [0.717, 1.165) is 0 Å². The maximum absolute atomic E-state index is 14.1. The third-order valence-electron chi connectivity index (χ3n) is 3.03. The minimum atomic E-state index is -2.40. The summed E-state index contributed by atoms with van der Waals surface area (Å²) in [6, 6.07) is 0. The van der Waals surface area contributed by atoms with Gasteiger partial charge in [-0.05, 0) is 0 Å². The van der Waals surface area contributed by atoms with Crippen molar-refractivity contribution < 1.29 is 35.8 Å². The van der Waals surface area contributed by atoms with Crippen LogP contribution in [0.3, 0.4) is 0 Å². The number of aliphatic hydroxyl groups is 1. The van der Waals surface area contributed by atoms with Crippen molar-refractivity contribution in [1.82, 2.24) is 0 Å². The van der Waals surface area contributed by atoms with Crippen LogP contribution in [0.25, 0.3) is 10.8 Å². The molecule has 1 atom stereocenters. The lowest BCUT2D eigenvalue weighted by Crippen LogP contribution is -2.22. The summed E-state index contributed by atoms with van der Waals surface area (Å²) in [5, 5.41) is 7.81. The molecule has 23 heavy (non-hydrogen) atoms. The Morgan fingerprint density at radius 2 is 1.17 bits per heavy atom. The molecule has 2 N–H and O–H groups in total. The van der Waals surface area contributed by atoms with Crippen LogP contribution in [0.1, 0.15) is 0 Å². The van der Waals surface area contributed by atoms with Gasteiger partial charge in [0.05, 0.1) is 22.8 Å². The predicted octanol–water partition coefficient (Wildman–Crippen LogP) is 3.83. The van der Waals surface area contributed by atoms with Crippen molar-refractivity contribution in [2.75, 3.05) is 17.7 Å². The Balaban J connectivity index is 2.78. The van der Waals surface area contributed by atoms with Crippen molar-refractivity contribution in [2.24, 2.45) is 0 Å². The highest BCUT2D eigenvalue weighted by atomic mass is 35.5. The van der Waals surface area contributed by atoms with Crippen molar-refractivity contribution in [3.63, 3.8) is 0 Å². The molecule has 0 spiro atoms. The van der Waals surface area contributed by atoms with Gasteiger partial charge in [0.2, 0.25) is 0 Å². The van der Waals surface area contributed by atoms with Gasteiger partial charge in [-0.15, -0.1) is 11.6 Å². The quantitative estimate of drug-likeness (QED) is 0.375. The molecule has 0 saturated heterocycles. The number of rotatable bonds is 4. The second-order valence-corrected chi connectivity index (χ2v) is 4.82. The van der Waals surface area contributed by atoms with Gasteiger partial charge >= 0.3 is 0 Å². The van der Waals surface area contributed by atoms with E-state index in [-0.39, 0.29) is 5.88 Å². The van der Waals surface area contributed by atoms with Gasteiger partial charge in [0, 0.05) is 6.54 Å². The monoisotopic (exact) mass is 361 g/mol. The van der Waals surface area contributed by atoms with E-state index in [0.29, 0.717) is 0 Å². The lowest BCUT2D eigenvalue weighted by Gasteiger charge is -2.15. The van der Waals surface area contributed by atoms with E-state index >= 15 is 0 Å². The molecule has 1 unspecified atom stereocenters. The van der Waals surface area contributed by atoms with Crippen molar-refractivity contribution in [3.8, 4) is 0 Å². The first kappa shape index (κ1) is 17.6. The molecule has 0 fully saturated rings. The van der Waals surface area contributed by atoms with Crippen LogP contribution in [0.2, 0.25) is 0 Å².